The zero-order chi connectivity index (χ0) is 15.7. The Kier molecular flexibility index (Phi) is 4.44. The van der Waals surface area contributed by atoms with Crippen LogP contribution in [0.4, 0.5) is 0 Å². The van der Waals surface area contributed by atoms with Crippen LogP contribution in [0, 0.1) is 5.92 Å². The highest BCUT2D eigenvalue weighted by molar-refractivity contribution is 7.09. The van der Waals surface area contributed by atoms with Crippen molar-refractivity contribution in [1.29, 1.82) is 0 Å². The van der Waals surface area contributed by atoms with Crippen LogP contribution in [0.1, 0.15) is 47.6 Å². The number of aromatic nitrogens is 1. The summed E-state index contributed by atoms with van der Waals surface area (Å²) in [6.07, 6.45) is 4.67. The molecule has 0 radical (unpaired) electrons. The third-order valence-electron chi connectivity index (χ3n) is 4.65. The Morgan fingerprint density at radius 3 is 2.95 bits per heavy atom. The number of ether oxygens (including phenoxy) is 1. The summed E-state index contributed by atoms with van der Waals surface area (Å²) in [5.41, 5.74) is 0.342. The molecule has 1 aromatic rings. The van der Waals surface area contributed by atoms with Gasteiger partial charge in [-0.2, -0.15) is 0 Å². The van der Waals surface area contributed by atoms with Crippen LogP contribution in [0.15, 0.2) is 5.38 Å². The summed E-state index contributed by atoms with van der Waals surface area (Å²) >= 11 is 1.37. The van der Waals surface area contributed by atoms with Crippen LogP contribution < -0.4 is 0 Å². The minimum Gasteiger partial charge on any atom is -0.480 e. The summed E-state index contributed by atoms with van der Waals surface area (Å²) in [6, 6.07) is -0.664. The first-order valence-corrected chi connectivity index (χ1v) is 8.48. The largest absolute Gasteiger partial charge is 0.480 e. The number of likely N-dealkylation sites (tertiary alicyclic amines) is 1. The van der Waals surface area contributed by atoms with Crippen molar-refractivity contribution in [2.45, 2.75) is 50.8 Å². The van der Waals surface area contributed by atoms with Gasteiger partial charge in [0.05, 0.1) is 6.61 Å². The average molecular weight is 324 g/mol. The second kappa shape index (κ2) is 6.34. The van der Waals surface area contributed by atoms with Crippen LogP contribution in [-0.4, -0.2) is 46.1 Å². The van der Waals surface area contributed by atoms with Gasteiger partial charge in [0.15, 0.2) is 0 Å². The zero-order valence-corrected chi connectivity index (χ0v) is 13.3. The summed E-state index contributed by atoms with van der Waals surface area (Å²) in [6.45, 7) is 0.367. The Bertz CT molecular complexity index is 574. The highest BCUT2D eigenvalue weighted by atomic mass is 32.1. The van der Waals surface area contributed by atoms with Crippen LogP contribution in [0.2, 0.25) is 0 Å². The first-order valence-electron chi connectivity index (χ1n) is 7.60. The summed E-state index contributed by atoms with van der Waals surface area (Å²) in [7, 11) is 1.58. The molecule has 0 bridgehead atoms. The number of carboxylic acid groups (broad SMARTS) is 1. The molecule has 6 nitrogen and oxygen atoms in total. The number of nitrogens with zero attached hydrogens (tertiary/aromatic N) is 2. The van der Waals surface area contributed by atoms with E-state index in [4.69, 9.17) is 4.74 Å². The predicted molar refractivity (Wildman–Crippen MR) is 80.8 cm³/mol. The molecule has 2 aliphatic rings. The standard InChI is InChI=1S/C15H20N2O4S/c1-21-7-13-16-10(8-22-13)14(18)17-11-5-3-2-4-9(11)6-12(17)15(19)20/h8-9,11-12H,2-7H2,1H3,(H,19,20). The van der Waals surface area contributed by atoms with Gasteiger partial charge in [0.2, 0.25) is 0 Å². The second-order valence-electron chi connectivity index (χ2n) is 5.97. The number of carboxylic acids is 1. The number of amides is 1. The SMILES string of the molecule is COCc1nc(C(=O)N2C(C(=O)O)CC3CCCCC32)cs1. The smallest absolute Gasteiger partial charge is 0.326 e. The van der Waals surface area contributed by atoms with Crippen molar-refractivity contribution in [2.75, 3.05) is 7.11 Å². The minimum atomic E-state index is -0.907. The summed E-state index contributed by atoms with van der Waals surface area (Å²) < 4.78 is 5.02. The first-order chi connectivity index (χ1) is 10.6. The molecule has 2 heterocycles. The number of thiazole rings is 1. The van der Waals surface area contributed by atoms with Crippen molar-refractivity contribution in [2.24, 2.45) is 5.92 Å². The van der Waals surface area contributed by atoms with Crippen molar-refractivity contribution in [1.82, 2.24) is 9.88 Å². The van der Waals surface area contributed by atoms with E-state index in [1.165, 1.54) is 11.3 Å². The Labute approximate surface area is 133 Å². The lowest BCUT2D eigenvalue weighted by Gasteiger charge is -2.32. The fourth-order valence-electron chi connectivity index (χ4n) is 3.70. The normalized spacial score (nSPS) is 27.7. The van der Waals surface area contributed by atoms with Crippen molar-refractivity contribution < 1.29 is 19.4 Å². The number of fused-ring (bicyclic) bond motifs is 1. The number of carbonyl (C=O) groups excluding carboxylic acids is 1. The highest BCUT2D eigenvalue weighted by Gasteiger charge is 2.48. The molecule has 1 N–H and O–H groups in total. The fraction of sp³-hybridized carbons (Fsp3) is 0.667. The predicted octanol–water partition coefficient (Wildman–Crippen LogP) is 2.15. The molecule has 3 atom stereocenters. The molecule has 7 heteroatoms. The van der Waals surface area contributed by atoms with E-state index >= 15 is 0 Å². The van der Waals surface area contributed by atoms with Gasteiger partial charge in [-0.05, 0) is 25.2 Å². The van der Waals surface area contributed by atoms with Crippen molar-refractivity contribution in [3.8, 4) is 0 Å². The van der Waals surface area contributed by atoms with E-state index in [1.54, 1.807) is 17.4 Å². The average Bonchev–Trinajstić information content (AvgIpc) is 3.11. The Balaban J connectivity index is 1.85. The van der Waals surface area contributed by atoms with Crippen LogP contribution >= 0.6 is 11.3 Å². The van der Waals surface area contributed by atoms with Crippen molar-refractivity contribution in [3.05, 3.63) is 16.1 Å². The molecule has 1 aromatic heterocycles. The molecule has 3 rings (SSSR count). The van der Waals surface area contributed by atoms with E-state index in [2.05, 4.69) is 4.98 Å². The Hall–Kier alpha value is -1.47. The van der Waals surface area contributed by atoms with E-state index in [0.717, 1.165) is 30.7 Å². The summed E-state index contributed by atoms with van der Waals surface area (Å²) in [4.78, 5) is 30.2. The Morgan fingerprint density at radius 2 is 2.23 bits per heavy atom. The molecule has 0 spiro atoms. The Morgan fingerprint density at radius 1 is 1.45 bits per heavy atom. The highest BCUT2D eigenvalue weighted by Crippen LogP contribution is 2.40. The van der Waals surface area contributed by atoms with E-state index in [1.807, 2.05) is 0 Å². The lowest BCUT2D eigenvalue weighted by atomic mass is 9.84. The minimum absolute atomic E-state index is 0.0509. The molecule has 1 aliphatic carbocycles. The maximum atomic E-state index is 12.8. The third-order valence-corrected chi connectivity index (χ3v) is 5.47. The molecule has 1 saturated carbocycles. The molecule has 22 heavy (non-hydrogen) atoms. The van der Waals surface area contributed by atoms with Gasteiger partial charge in [0, 0.05) is 18.5 Å². The quantitative estimate of drug-likeness (QED) is 0.918. The van der Waals surface area contributed by atoms with Crippen LogP contribution in [0.3, 0.4) is 0 Å². The van der Waals surface area contributed by atoms with Crippen LogP contribution in [-0.2, 0) is 16.1 Å². The van der Waals surface area contributed by atoms with Gasteiger partial charge >= 0.3 is 5.97 Å². The molecular formula is C15H20N2O4S. The van der Waals surface area contributed by atoms with E-state index in [-0.39, 0.29) is 11.9 Å². The maximum Gasteiger partial charge on any atom is 0.326 e. The molecule has 0 aromatic carbocycles. The van der Waals surface area contributed by atoms with Gasteiger partial charge in [-0.25, -0.2) is 9.78 Å². The van der Waals surface area contributed by atoms with E-state index in [9.17, 15) is 14.7 Å². The first kappa shape index (κ1) is 15.4. The van der Waals surface area contributed by atoms with Gasteiger partial charge < -0.3 is 14.7 Å². The number of aliphatic carboxylic acids is 1. The molecule has 3 unspecified atom stereocenters. The van der Waals surface area contributed by atoms with Crippen molar-refractivity contribution in [3.63, 3.8) is 0 Å². The van der Waals surface area contributed by atoms with Gasteiger partial charge in [0.25, 0.3) is 5.91 Å². The third kappa shape index (κ3) is 2.75. The lowest BCUT2D eigenvalue weighted by Crippen LogP contribution is -2.46. The maximum absolute atomic E-state index is 12.8. The number of hydrogen-bond acceptors (Lipinski definition) is 5. The number of rotatable bonds is 4. The molecule has 2 fully saturated rings. The summed E-state index contributed by atoms with van der Waals surface area (Å²) in [5, 5.41) is 11.9. The lowest BCUT2D eigenvalue weighted by molar-refractivity contribution is -0.141. The molecule has 1 aliphatic heterocycles. The summed E-state index contributed by atoms with van der Waals surface area (Å²) in [5.74, 6) is -0.841. The fourth-order valence-corrected chi connectivity index (χ4v) is 4.44. The van der Waals surface area contributed by atoms with E-state index in [0.29, 0.717) is 24.6 Å². The number of methoxy groups -OCH3 is 1. The van der Waals surface area contributed by atoms with Crippen LogP contribution in [0.5, 0.6) is 0 Å². The molecular weight excluding hydrogens is 304 g/mol. The van der Waals surface area contributed by atoms with Crippen LogP contribution in [0.25, 0.3) is 0 Å². The van der Waals surface area contributed by atoms with Gasteiger partial charge in [-0.3, -0.25) is 4.79 Å². The van der Waals surface area contributed by atoms with Gasteiger partial charge in [-0.15, -0.1) is 11.3 Å². The number of carbonyl (C=O) groups is 2. The van der Waals surface area contributed by atoms with E-state index < -0.39 is 12.0 Å². The zero-order valence-electron chi connectivity index (χ0n) is 12.5. The topological polar surface area (TPSA) is 79.7 Å². The van der Waals surface area contributed by atoms with Crippen molar-refractivity contribution >= 4 is 23.2 Å². The molecule has 120 valence electrons. The molecule has 1 amide bonds. The second-order valence-corrected chi connectivity index (χ2v) is 6.92. The monoisotopic (exact) mass is 324 g/mol. The van der Waals surface area contributed by atoms with Gasteiger partial charge in [-0.1, -0.05) is 12.8 Å². The van der Waals surface area contributed by atoms with Gasteiger partial charge in [0.1, 0.15) is 16.7 Å². The number of hydrogen-bond donors (Lipinski definition) is 1. The molecule has 1 saturated heterocycles.